The fourth-order valence-corrected chi connectivity index (χ4v) is 4.59. The molecule has 3 aromatic rings. The van der Waals surface area contributed by atoms with Gasteiger partial charge in [0.05, 0.1) is 11.6 Å². The van der Waals surface area contributed by atoms with E-state index in [1.807, 2.05) is 6.92 Å². The molecule has 0 saturated carbocycles. The second kappa shape index (κ2) is 13.0. The van der Waals surface area contributed by atoms with Crippen molar-refractivity contribution < 1.29 is 22.6 Å². The number of methoxy groups -OCH3 is 2. The van der Waals surface area contributed by atoms with Crippen LogP contribution < -0.4 is 4.72 Å². The SMILES string of the molecule is CCCO[C@@H](c1ncc(Cl)cn1)[C@H](C)S(=O)(=O)Nc1nnc(-c2ccccn2)n1C(CCOC)OC. The van der Waals surface area contributed by atoms with Crippen molar-refractivity contribution in [1.29, 1.82) is 0 Å². The highest BCUT2D eigenvalue weighted by Crippen LogP contribution is 2.29. The first-order chi connectivity index (χ1) is 17.3. The van der Waals surface area contributed by atoms with Gasteiger partial charge in [0.15, 0.2) is 11.6 Å². The van der Waals surface area contributed by atoms with Gasteiger partial charge in [0, 0.05) is 45.8 Å². The molecule has 1 N–H and O–H groups in total. The van der Waals surface area contributed by atoms with E-state index in [-0.39, 0.29) is 11.8 Å². The summed E-state index contributed by atoms with van der Waals surface area (Å²) in [5, 5.41) is 7.56. The van der Waals surface area contributed by atoms with E-state index in [1.54, 1.807) is 36.1 Å². The van der Waals surface area contributed by atoms with Gasteiger partial charge in [-0.1, -0.05) is 24.6 Å². The summed E-state index contributed by atoms with van der Waals surface area (Å²) in [5.41, 5.74) is 0.502. The van der Waals surface area contributed by atoms with Crippen molar-refractivity contribution in [3.63, 3.8) is 0 Å². The van der Waals surface area contributed by atoms with Crippen LogP contribution in [0.2, 0.25) is 5.02 Å². The summed E-state index contributed by atoms with van der Waals surface area (Å²) in [6.07, 6.45) is 3.92. The Kier molecular flexibility index (Phi) is 10.1. The van der Waals surface area contributed by atoms with E-state index in [2.05, 4.69) is 29.9 Å². The number of rotatable bonds is 14. The van der Waals surface area contributed by atoms with Crippen LogP contribution in [0.4, 0.5) is 5.95 Å². The molecule has 196 valence electrons. The summed E-state index contributed by atoms with van der Waals surface area (Å²) < 4.78 is 47.9. The first-order valence-corrected chi connectivity index (χ1v) is 13.2. The molecule has 0 amide bonds. The summed E-state index contributed by atoms with van der Waals surface area (Å²) in [5.74, 6) is 0.511. The zero-order chi connectivity index (χ0) is 26.1. The number of nitrogens with zero attached hydrogens (tertiary/aromatic N) is 6. The maximum Gasteiger partial charge on any atom is 0.240 e. The number of nitrogens with one attached hydrogen (secondary N) is 1. The highest BCUT2D eigenvalue weighted by Gasteiger charge is 2.35. The quantitative estimate of drug-likeness (QED) is 0.324. The molecule has 3 rings (SSSR count). The molecule has 0 aromatic carbocycles. The summed E-state index contributed by atoms with van der Waals surface area (Å²) >= 11 is 5.91. The summed E-state index contributed by atoms with van der Waals surface area (Å²) in [7, 11) is -0.995. The topological polar surface area (TPSA) is 143 Å². The molecular formula is C22H30ClN7O5S. The molecule has 0 radical (unpaired) electrons. The maximum atomic E-state index is 13.5. The fourth-order valence-electron chi connectivity index (χ4n) is 3.39. The highest BCUT2D eigenvalue weighted by atomic mass is 35.5. The minimum Gasteiger partial charge on any atom is -0.385 e. The van der Waals surface area contributed by atoms with Crippen LogP contribution in [0.15, 0.2) is 36.8 Å². The Labute approximate surface area is 215 Å². The smallest absolute Gasteiger partial charge is 0.240 e. The van der Waals surface area contributed by atoms with E-state index < -0.39 is 27.6 Å². The van der Waals surface area contributed by atoms with Crippen LogP contribution in [0.5, 0.6) is 0 Å². The number of hydrogen-bond donors (Lipinski definition) is 1. The minimum absolute atomic E-state index is 0.0308. The van der Waals surface area contributed by atoms with E-state index in [0.29, 0.717) is 42.6 Å². The fraction of sp³-hybridized carbons (Fsp3) is 0.500. The molecule has 0 spiro atoms. The molecule has 3 atom stereocenters. The van der Waals surface area contributed by atoms with Crippen LogP contribution in [0.1, 0.15) is 44.8 Å². The van der Waals surface area contributed by atoms with E-state index in [4.69, 9.17) is 25.8 Å². The molecule has 0 aliphatic rings. The van der Waals surface area contributed by atoms with Crippen LogP contribution in [0, 0.1) is 0 Å². The van der Waals surface area contributed by atoms with Gasteiger partial charge in [-0.15, -0.1) is 10.2 Å². The predicted octanol–water partition coefficient (Wildman–Crippen LogP) is 3.26. The Hall–Kier alpha value is -2.71. The normalized spacial score (nSPS) is 14.4. The number of sulfonamides is 1. The molecule has 14 heteroatoms. The van der Waals surface area contributed by atoms with Gasteiger partial charge in [-0.05, 0) is 25.5 Å². The van der Waals surface area contributed by atoms with Gasteiger partial charge in [0.1, 0.15) is 23.3 Å². The zero-order valence-corrected chi connectivity index (χ0v) is 22.1. The summed E-state index contributed by atoms with van der Waals surface area (Å²) in [4.78, 5) is 12.7. The minimum atomic E-state index is -4.07. The Morgan fingerprint density at radius 3 is 2.47 bits per heavy atom. The Balaban J connectivity index is 1.99. The average Bonchev–Trinajstić information content (AvgIpc) is 3.28. The lowest BCUT2D eigenvalue weighted by Gasteiger charge is -2.25. The zero-order valence-electron chi connectivity index (χ0n) is 20.5. The first kappa shape index (κ1) is 27.9. The number of aromatic nitrogens is 6. The molecule has 3 heterocycles. The number of hydrogen-bond acceptors (Lipinski definition) is 10. The lowest BCUT2D eigenvalue weighted by molar-refractivity contribution is 0.0189. The van der Waals surface area contributed by atoms with Gasteiger partial charge in [0.2, 0.25) is 16.0 Å². The second-order valence-corrected chi connectivity index (χ2v) is 10.3. The van der Waals surface area contributed by atoms with E-state index >= 15 is 0 Å². The molecule has 36 heavy (non-hydrogen) atoms. The summed E-state index contributed by atoms with van der Waals surface area (Å²) in [6.45, 7) is 4.12. The predicted molar refractivity (Wildman–Crippen MR) is 134 cm³/mol. The van der Waals surface area contributed by atoms with Crippen LogP contribution in [-0.4, -0.2) is 70.8 Å². The lowest BCUT2D eigenvalue weighted by atomic mass is 10.2. The van der Waals surface area contributed by atoms with Crippen LogP contribution >= 0.6 is 11.6 Å². The van der Waals surface area contributed by atoms with E-state index in [0.717, 1.165) is 0 Å². The maximum absolute atomic E-state index is 13.5. The molecule has 1 unspecified atom stereocenters. The van der Waals surface area contributed by atoms with Crippen LogP contribution in [-0.2, 0) is 24.2 Å². The molecule has 0 fully saturated rings. The lowest BCUT2D eigenvalue weighted by Crippen LogP contribution is -2.34. The third-order valence-corrected chi connectivity index (χ3v) is 7.15. The van der Waals surface area contributed by atoms with Gasteiger partial charge >= 0.3 is 0 Å². The largest absolute Gasteiger partial charge is 0.385 e. The number of halogens is 1. The van der Waals surface area contributed by atoms with Gasteiger partial charge in [-0.3, -0.25) is 14.3 Å². The summed E-state index contributed by atoms with van der Waals surface area (Å²) in [6, 6.07) is 5.31. The standard InChI is InChI=1S/C22H30ClN7O5S/c1-5-11-35-19(20-25-13-16(23)14-26-20)15(2)36(31,32)29-22-28-27-21(17-8-6-7-10-24-17)30(22)18(34-4)9-12-33-3/h6-8,10,13-15,18-19H,5,9,11-12H2,1-4H3,(H,28,29)/t15-,18?,19+/m0/s1. The molecule has 0 aliphatic carbocycles. The number of ether oxygens (including phenoxy) is 3. The molecule has 12 nitrogen and oxygen atoms in total. The van der Waals surface area contributed by atoms with Gasteiger partial charge in [-0.25, -0.2) is 18.4 Å². The van der Waals surface area contributed by atoms with Crippen molar-refractivity contribution >= 4 is 27.6 Å². The van der Waals surface area contributed by atoms with Gasteiger partial charge in [-0.2, -0.15) is 0 Å². The van der Waals surface area contributed by atoms with Crippen molar-refractivity contribution in [3.8, 4) is 11.5 Å². The van der Waals surface area contributed by atoms with Crippen molar-refractivity contribution in [2.75, 3.05) is 32.2 Å². The highest BCUT2D eigenvalue weighted by molar-refractivity contribution is 7.93. The second-order valence-electron chi connectivity index (χ2n) is 7.81. The van der Waals surface area contributed by atoms with Crippen LogP contribution in [0.3, 0.4) is 0 Å². The van der Waals surface area contributed by atoms with Gasteiger partial charge in [0.25, 0.3) is 0 Å². The van der Waals surface area contributed by atoms with Crippen molar-refractivity contribution in [2.24, 2.45) is 0 Å². The molecular weight excluding hydrogens is 510 g/mol. The monoisotopic (exact) mass is 539 g/mol. The van der Waals surface area contributed by atoms with E-state index in [1.165, 1.54) is 26.4 Å². The third kappa shape index (κ3) is 6.73. The molecule has 3 aromatic heterocycles. The average molecular weight is 540 g/mol. The first-order valence-electron chi connectivity index (χ1n) is 11.3. The molecule has 0 bridgehead atoms. The van der Waals surface area contributed by atoms with Gasteiger partial charge < -0.3 is 14.2 Å². The third-order valence-electron chi connectivity index (χ3n) is 5.26. The number of anilines is 1. The Morgan fingerprint density at radius 1 is 1.11 bits per heavy atom. The molecule has 0 saturated heterocycles. The Morgan fingerprint density at radius 2 is 1.86 bits per heavy atom. The van der Waals surface area contributed by atoms with Crippen molar-refractivity contribution in [1.82, 2.24) is 29.7 Å². The Bertz CT molecular complexity index is 1200. The van der Waals surface area contributed by atoms with Crippen LogP contribution in [0.25, 0.3) is 11.5 Å². The van der Waals surface area contributed by atoms with Crippen molar-refractivity contribution in [3.05, 3.63) is 47.6 Å². The van der Waals surface area contributed by atoms with E-state index in [9.17, 15) is 8.42 Å². The molecule has 0 aliphatic heterocycles. The number of pyridine rings is 1. The van der Waals surface area contributed by atoms with Crippen molar-refractivity contribution in [2.45, 2.75) is 44.3 Å².